The first-order chi connectivity index (χ1) is 11.1. The smallest absolute Gasteiger partial charge is 0.303 e. The van der Waals surface area contributed by atoms with Crippen LogP contribution in [0, 0.1) is 0 Å². The van der Waals surface area contributed by atoms with Crippen LogP contribution < -0.4 is 10.6 Å². The lowest BCUT2D eigenvalue weighted by molar-refractivity contribution is -0.151. The molecule has 0 amide bonds. The third-order valence-corrected chi connectivity index (χ3v) is 5.63. The van der Waals surface area contributed by atoms with Crippen molar-refractivity contribution in [3.63, 3.8) is 0 Å². The molecule has 1 atom stereocenters. The Balaban J connectivity index is 2.39. The van der Waals surface area contributed by atoms with Gasteiger partial charge in [-0.2, -0.15) is 0 Å². The first-order valence-electron chi connectivity index (χ1n) is 7.28. The van der Waals surface area contributed by atoms with E-state index in [1.165, 1.54) is 13.8 Å². The van der Waals surface area contributed by atoms with Crippen LogP contribution in [0.2, 0.25) is 0 Å². The number of ether oxygens (including phenoxy) is 2. The molecule has 120 valence electrons. The Morgan fingerprint density at radius 3 is 1.74 bits per heavy atom. The topological polar surface area (TPSA) is 52.6 Å². The van der Waals surface area contributed by atoms with Crippen LogP contribution in [0.25, 0.3) is 0 Å². The fourth-order valence-electron chi connectivity index (χ4n) is 2.20. The van der Waals surface area contributed by atoms with E-state index in [2.05, 4.69) is 0 Å². The zero-order valence-electron chi connectivity index (χ0n) is 13.1. The summed E-state index contributed by atoms with van der Waals surface area (Å²) in [7, 11) is -0.998. The maximum Gasteiger partial charge on any atom is 0.303 e. The van der Waals surface area contributed by atoms with Crippen LogP contribution in [-0.2, 0) is 19.1 Å². The van der Waals surface area contributed by atoms with Gasteiger partial charge in [0.25, 0.3) is 0 Å². The van der Waals surface area contributed by atoms with E-state index in [4.69, 9.17) is 9.47 Å². The van der Waals surface area contributed by atoms with E-state index >= 15 is 0 Å². The second-order valence-corrected chi connectivity index (χ2v) is 7.26. The van der Waals surface area contributed by atoms with E-state index in [1.807, 2.05) is 60.7 Å². The average molecular weight is 330 g/mol. The van der Waals surface area contributed by atoms with Crippen LogP contribution in [0.15, 0.2) is 60.7 Å². The summed E-state index contributed by atoms with van der Waals surface area (Å²) < 4.78 is 10.6. The van der Waals surface area contributed by atoms with Crippen molar-refractivity contribution in [2.75, 3.05) is 6.61 Å². The maximum absolute atomic E-state index is 11.5. The van der Waals surface area contributed by atoms with Crippen molar-refractivity contribution in [3.05, 3.63) is 60.7 Å². The molecule has 0 saturated carbocycles. The Morgan fingerprint density at radius 2 is 1.35 bits per heavy atom. The number of hydrogen-bond donors (Lipinski definition) is 0. The minimum absolute atomic E-state index is 0.0460. The number of carbonyl (C=O) groups is 2. The van der Waals surface area contributed by atoms with Gasteiger partial charge in [-0.3, -0.25) is 9.59 Å². The Labute approximate surface area is 137 Å². The minimum atomic E-state index is -0.998. The summed E-state index contributed by atoms with van der Waals surface area (Å²) in [5.74, 6) is -1.30. The highest BCUT2D eigenvalue weighted by Gasteiger charge is 2.28. The van der Waals surface area contributed by atoms with Gasteiger partial charge in [0.2, 0.25) is 0 Å². The van der Waals surface area contributed by atoms with Crippen molar-refractivity contribution in [3.8, 4) is 0 Å². The molecule has 0 aromatic heterocycles. The van der Waals surface area contributed by atoms with Crippen molar-refractivity contribution in [2.45, 2.75) is 19.7 Å². The molecule has 0 fully saturated rings. The molecular formula is C18H19O4P. The Morgan fingerprint density at radius 1 is 0.870 bits per heavy atom. The summed E-state index contributed by atoms with van der Waals surface area (Å²) in [5, 5.41) is 2.12. The predicted molar refractivity (Wildman–Crippen MR) is 91.3 cm³/mol. The number of benzene rings is 2. The normalized spacial score (nSPS) is 11.8. The monoisotopic (exact) mass is 330 g/mol. The molecule has 0 saturated heterocycles. The molecule has 0 heterocycles. The SMILES string of the molecule is CC(=O)OCC(OC(C)=O)P(c1ccccc1)c1ccccc1. The van der Waals surface area contributed by atoms with Gasteiger partial charge in [-0.1, -0.05) is 60.7 Å². The fourth-order valence-corrected chi connectivity index (χ4v) is 4.63. The van der Waals surface area contributed by atoms with E-state index in [-0.39, 0.29) is 12.6 Å². The number of rotatable bonds is 6. The zero-order valence-corrected chi connectivity index (χ0v) is 14.0. The van der Waals surface area contributed by atoms with Crippen LogP contribution >= 0.6 is 7.92 Å². The van der Waals surface area contributed by atoms with Crippen molar-refractivity contribution in [1.29, 1.82) is 0 Å². The molecule has 23 heavy (non-hydrogen) atoms. The molecule has 0 bridgehead atoms. The molecule has 0 aliphatic heterocycles. The van der Waals surface area contributed by atoms with Gasteiger partial charge in [0.15, 0.2) is 5.85 Å². The van der Waals surface area contributed by atoms with Crippen LogP contribution in [0.4, 0.5) is 0 Å². The molecule has 2 aromatic carbocycles. The lowest BCUT2D eigenvalue weighted by Gasteiger charge is -2.27. The van der Waals surface area contributed by atoms with E-state index in [1.54, 1.807) is 0 Å². The van der Waals surface area contributed by atoms with Crippen molar-refractivity contribution in [1.82, 2.24) is 0 Å². The van der Waals surface area contributed by atoms with Gasteiger partial charge >= 0.3 is 11.9 Å². The average Bonchev–Trinajstić information content (AvgIpc) is 2.54. The van der Waals surface area contributed by atoms with E-state index in [0.29, 0.717) is 0 Å². The first kappa shape index (κ1) is 17.2. The lowest BCUT2D eigenvalue weighted by Crippen LogP contribution is -2.30. The summed E-state index contributed by atoms with van der Waals surface area (Å²) in [6, 6.07) is 19.7. The van der Waals surface area contributed by atoms with Gasteiger partial charge in [-0.15, -0.1) is 0 Å². The van der Waals surface area contributed by atoms with Gasteiger partial charge in [0.05, 0.1) is 0 Å². The van der Waals surface area contributed by atoms with Gasteiger partial charge in [-0.05, 0) is 10.6 Å². The summed E-state index contributed by atoms with van der Waals surface area (Å²) in [6.07, 6.45) is 0. The molecular weight excluding hydrogens is 311 g/mol. The number of esters is 2. The highest BCUT2D eigenvalue weighted by Crippen LogP contribution is 2.40. The van der Waals surface area contributed by atoms with Crippen molar-refractivity contribution in [2.24, 2.45) is 0 Å². The van der Waals surface area contributed by atoms with Gasteiger partial charge in [-0.25, -0.2) is 0 Å². The summed E-state index contributed by atoms with van der Waals surface area (Å²) in [5.41, 5.74) is 0. The molecule has 2 aromatic rings. The molecule has 4 nitrogen and oxygen atoms in total. The molecule has 2 rings (SSSR count). The summed E-state index contributed by atoms with van der Waals surface area (Å²) >= 11 is 0. The third-order valence-electron chi connectivity index (χ3n) is 3.09. The largest absolute Gasteiger partial charge is 0.462 e. The fraction of sp³-hybridized carbons (Fsp3) is 0.222. The van der Waals surface area contributed by atoms with Gasteiger partial charge in [0, 0.05) is 21.8 Å². The van der Waals surface area contributed by atoms with Crippen molar-refractivity contribution >= 4 is 30.5 Å². The Hall–Kier alpha value is -2.19. The van der Waals surface area contributed by atoms with Crippen LogP contribution in [0.3, 0.4) is 0 Å². The Bertz CT molecular complexity index is 603. The molecule has 0 aliphatic carbocycles. The molecule has 0 N–H and O–H groups in total. The van der Waals surface area contributed by atoms with Crippen LogP contribution in [0.1, 0.15) is 13.8 Å². The number of hydrogen-bond acceptors (Lipinski definition) is 4. The lowest BCUT2D eigenvalue weighted by atomic mass is 10.4. The standard InChI is InChI=1S/C18H19O4P/c1-14(19)21-13-18(22-15(2)20)23(16-9-5-3-6-10-16)17-11-7-4-8-12-17/h3-12,18H,13H2,1-2H3. The molecule has 0 spiro atoms. The predicted octanol–water partition coefficient (Wildman–Crippen LogP) is 2.57. The molecule has 1 unspecified atom stereocenters. The second kappa shape index (κ2) is 8.44. The summed E-state index contributed by atoms with van der Waals surface area (Å²) in [4.78, 5) is 22.7. The molecule has 0 radical (unpaired) electrons. The van der Waals surface area contributed by atoms with Crippen LogP contribution in [-0.4, -0.2) is 24.4 Å². The highest BCUT2D eigenvalue weighted by atomic mass is 31.1. The van der Waals surface area contributed by atoms with Gasteiger partial charge < -0.3 is 9.47 Å². The quantitative estimate of drug-likeness (QED) is 0.603. The van der Waals surface area contributed by atoms with Crippen LogP contribution in [0.5, 0.6) is 0 Å². The summed E-state index contributed by atoms with van der Waals surface area (Å²) in [6.45, 7) is 2.76. The number of carbonyl (C=O) groups excluding carboxylic acids is 2. The van der Waals surface area contributed by atoms with E-state index < -0.39 is 19.7 Å². The van der Waals surface area contributed by atoms with Gasteiger partial charge in [0.1, 0.15) is 6.61 Å². The Kier molecular flexibility index (Phi) is 6.30. The van der Waals surface area contributed by atoms with Crippen molar-refractivity contribution < 1.29 is 19.1 Å². The first-order valence-corrected chi connectivity index (χ1v) is 8.69. The maximum atomic E-state index is 11.5. The highest BCUT2D eigenvalue weighted by molar-refractivity contribution is 7.73. The second-order valence-electron chi connectivity index (χ2n) is 4.91. The third kappa shape index (κ3) is 5.19. The van der Waals surface area contributed by atoms with E-state index in [0.717, 1.165) is 10.6 Å². The zero-order chi connectivity index (χ0) is 16.7. The molecule has 0 aliphatic rings. The minimum Gasteiger partial charge on any atom is -0.462 e. The van der Waals surface area contributed by atoms with E-state index in [9.17, 15) is 9.59 Å². The molecule has 5 heteroatoms.